The van der Waals surface area contributed by atoms with Crippen molar-refractivity contribution < 1.29 is 0 Å². The molecule has 184 valence electrons. The van der Waals surface area contributed by atoms with E-state index in [9.17, 15) is 0 Å². The van der Waals surface area contributed by atoms with Gasteiger partial charge < -0.3 is 20.1 Å². The zero-order chi connectivity index (χ0) is 25.1. The molecule has 5 nitrogen and oxygen atoms in total. The quantitative estimate of drug-likeness (QED) is 0.204. The highest BCUT2D eigenvalue weighted by atomic mass is 35.5. The van der Waals surface area contributed by atoms with Gasteiger partial charge in [0.1, 0.15) is 0 Å². The van der Waals surface area contributed by atoms with Gasteiger partial charge in [-0.2, -0.15) is 0 Å². The number of aromatic nitrogens is 2. The van der Waals surface area contributed by atoms with Crippen LogP contribution >= 0.6 is 23.8 Å². The van der Waals surface area contributed by atoms with Crippen LogP contribution in [0.3, 0.4) is 0 Å². The summed E-state index contributed by atoms with van der Waals surface area (Å²) in [5, 5.41) is 8.60. The predicted molar refractivity (Wildman–Crippen MR) is 152 cm³/mol. The van der Waals surface area contributed by atoms with Crippen LogP contribution in [0.2, 0.25) is 5.02 Å². The fraction of sp³-hybridized carbons (Fsp3) is 0.241. The molecule has 3 heterocycles. The number of halogens is 1. The number of pyridine rings is 1. The fourth-order valence-corrected chi connectivity index (χ4v) is 5.56. The van der Waals surface area contributed by atoms with Crippen molar-refractivity contribution in [2.24, 2.45) is 0 Å². The summed E-state index contributed by atoms with van der Waals surface area (Å²) < 4.78 is 2.29. The molecule has 4 aromatic rings. The van der Waals surface area contributed by atoms with Gasteiger partial charge in [-0.25, -0.2) is 0 Å². The van der Waals surface area contributed by atoms with Gasteiger partial charge in [0.25, 0.3) is 0 Å². The van der Waals surface area contributed by atoms with Gasteiger partial charge in [-0.15, -0.1) is 0 Å². The molecular weight excluding hydrogens is 486 g/mol. The molecular formula is C29H30ClN5S. The number of nitrogens with one attached hydrogen (secondary N) is 2. The molecule has 1 aliphatic heterocycles. The first-order valence-corrected chi connectivity index (χ1v) is 13.0. The van der Waals surface area contributed by atoms with Crippen LogP contribution in [0.15, 0.2) is 85.1 Å². The summed E-state index contributed by atoms with van der Waals surface area (Å²) in [6, 6.07) is 26.7. The zero-order valence-corrected chi connectivity index (χ0v) is 22.1. The molecule has 0 amide bonds. The van der Waals surface area contributed by atoms with E-state index in [1.165, 1.54) is 17.0 Å². The van der Waals surface area contributed by atoms with Crippen LogP contribution in [0.25, 0.3) is 5.69 Å². The second-order valence-corrected chi connectivity index (χ2v) is 9.93. The largest absolute Gasteiger partial charge is 0.385 e. The highest BCUT2D eigenvalue weighted by Crippen LogP contribution is 2.41. The molecule has 2 aromatic heterocycles. The number of para-hydroxylation sites is 1. The van der Waals surface area contributed by atoms with E-state index in [0.717, 1.165) is 46.7 Å². The summed E-state index contributed by atoms with van der Waals surface area (Å²) in [6.07, 6.45) is 2.80. The highest BCUT2D eigenvalue weighted by Gasteiger charge is 2.41. The van der Waals surface area contributed by atoms with Gasteiger partial charge in [-0.05, 0) is 92.6 Å². The number of hydrogen-bond donors (Lipinski definition) is 2. The number of rotatable bonds is 8. The first-order valence-electron chi connectivity index (χ1n) is 12.2. The first-order chi connectivity index (χ1) is 17.5. The lowest BCUT2D eigenvalue weighted by molar-refractivity contribution is 0.315. The average Bonchev–Trinajstić information content (AvgIpc) is 3.38. The van der Waals surface area contributed by atoms with Crippen molar-refractivity contribution >= 4 is 34.6 Å². The fourth-order valence-electron chi connectivity index (χ4n) is 5.10. The molecule has 2 N–H and O–H groups in total. The molecule has 0 saturated carbocycles. The van der Waals surface area contributed by atoms with Gasteiger partial charge in [-0.1, -0.05) is 35.9 Å². The van der Waals surface area contributed by atoms with E-state index in [-0.39, 0.29) is 12.1 Å². The molecule has 0 bridgehead atoms. The first kappa shape index (κ1) is 24.3. The summed E-state index contributed by atoms with van der Waals surface area (Å²) in [5.41, 5.74) is 6.84. The molecule has 0 unspecified atom stereocenters. The number of anilines is 1. The van der Waals surface area contributed by atoms with E-state index in [4.69, 9.17) is 23.8 Å². The van der Waals surface area contributed by atoms with Crippen LogP contribution in [-0.4, -0.2) is 32.7 Å². The van der Waals surface area contributed by atoms with Crippen LogP contribution < -0.4 is 10.6 Å². The van der Waals surface area contributed by atoms with Crippen LogP contribution in [-0.2, 0) is 0 Å². The van der Waals surface area contributed by atoms with Crippen LogP contribution in [0.5, 0.6) is 0 Å². The van der Waals surface area contributed by atoms with Crippen molar-refractivity contribution in [3.8, 4) is 5.69 Å². The molecule has 7 heteroatoms. The third kappa shape index (κ3) is 4.97. The number of hydrogen-bond acceptors (Lipinski definition) is 3. The monoisotopic (exact) mass is 515 g/mol. The molecule has 5 rings (SSSR count). The molecule has 1 aliphatic rings. The molecule has 36 heavy (non-hydrogen) atoms. The van der Waals surface area contributed by atoms with Crippen LogP contribution in [0.4, 0.5) is 5.69 Å². The summed E-state index contributed by atoms with van der Waals surface area (Å²) in [7, 11) is 0. The Kier molecular flexibility index (Phi) is 7.25. The lowest BCUT2D eigenvalue weighted by Crippen LogP contribution is -2.31. The van der Waals surface area contributed by atoms with Gasteiger partial charge in [0.15, 0.2) is 5.11 Å². The number of nitrogens with zero attached hydrogens (tertiary/aromatic N) is 3. The van der Waals surface area contributed by atoms with Crippen molar-refractivity contribution in [2.75, 3.05) is 18.4 Å². The lowest BCUT2D eigenvalue weighted by atomic mass is 9.96. The maximum absolute atomic E-state index is 6.16. The molecule has 0 aliphatic carbocycles. The van der Waals surface area contributed by atoms with E-state index in [1.54, 1.807) is 0 Å². The highest BCUT2D eigenvalue weighted by molar-refractivity contribution is 7.80. The van der Waals surface area contributed by atoms with E-state index >= 15 is 0 Å². The molecule has 0 radical (unpaired) electrons. The van der Waals surface area contributed by atoms with E-state index in [0.29, 0.717) is 0 Å². The minimum Gasteiger partial charge on any atom is -0.385 e. The van der Waals surface area contributed by atoms with Gasteiger partial charge in [0, 0.05) is 47.1 Å². The Balaban J connectivity index is 1.45. The second kappa shape index (κ2) is 10.7. The third-order valence-corrected chi connectivity index (χ3v) is 7.35. The Morgan fingerprint density at radius 3 is 2.47 bits per heavy atom. The van der Waals surface area contributed by atoms with Gasteiger partial charge in [0.2, 0.25) is 0 Å². The number of benzene rings is 2. The van der Waals surface area contributed by atoms with E-state index in [1.807, 2.05) is 48.7 Å². The second-order valence-electron chi connectivity index (χ2n) is 9.10. The maximum atomic E-state index is 6.16. The van der Waals surface area contributed by atoms with Gasteiger partial charge >= 0.3 is 0 Å². The summed E-state index contributed by atoms with van der Waals surface area (Å²) in [5.74, 6) is 0. The predicted octanol–water partition coefficient (Wildman–Crippen LogP) is 6.62. The summed E-state index contributed by atoms with van der Waals surface area (Å²) in [6.45, 7) is 6.04. The van der Waals surface area contributed by atoms with Gasteiger partial charge in [0.05, 0.1) is 17.8 Å². The molecule has 0 spiro atoms. The Labute approximate surface area is 223 Å². The average molecular weight is 516 g/mol. The lowest BCUT2D eigenvalue weighted by Gasteiger charge is -2.28. The standard InChI is InChI=1S/C29H30ClN5S/c1-20-19-25(21(2)35(20)24-14-12-22(30)13-15-24)28-27(26-11-6-7-16-32-26)33-29(36)34(28)18-8-17-31-23-9-4-3-5-10-23/h3-7,9-16,19,27-28,31H,8,17-18H2,1-2H3,(H,33,36)/t27-,28+/m0/s1. The summed E-state index contributed by atoms with van der Waals surface area (Å²) >= 11 is 12.0. The Morgan fingerprint density at radius 2 is 1.75 bits per heavy atom. The smallest absolute Gasteiger partial charge is 0.170 e. The van der Waals surface area contributed by atoms with Crippen molar-refractivity contribution in [3.63, 3.8) is 0 Å². The molecule has 2 aromatic carbocycles. The van der Waals surface area contributed by atoms with Crippen molar-refractivity contribution in [1.82, 2.24) is 19.8 Å². The van der Waals surface area contributed by atoms with Crippen molar-refractivity contribution in [3.05, 3.63) is 113 Å². The van der Waals surface area contributed by atoms with Crippen molar-refractivity contribution in [1.29, 1.82) is 0 Å². The van der Waals surface area contributed by atoms with Gasteiger partial charge in [-0.3, -0.25) is 4.98 Å². The normalized spacial score (nSPS) is 17.3. The van der Waals surface area contributed by atoms with Crippen LogP contribution in [0.1, 0.15) is 41.1 Å². The SMILES string of the molecule is Cc1cc([C@@H]2[C@H](c3ccccn3)NC(=S)N2CCCNc2ccccc2)c(C)n1-c1ccc(Cl)cc1. The minimum absolute atomic E-state index is 0.0278. The number of aryl methyl sites for hydroxylation is 1. The van der Waals surface area contributed by atoms with E-state index in [2.05, 4.69) is 75.3 Å². The Hall–Kier alpha value is -3.35. The molecule has 1 fully saturated rings. The molecule has 2 atom stereocenters. The topological polar surface area (TPSA) is 45.1 Å². The van der Waals surface area contributed by atoms with Crippen molar-refractivity contribution in [2.45, 2.75) is 32.4 Å². The minimum atomic E-state index is -0.0278. The zero-order valence-electron chi connectivity index (χ0n) is 20.5. The Bertz CT molecular complexity index is 1320. The third-order valence-electron chi connectivity index (χ3n) is 6.75. The Morgan fingerprint density at radius 1 is 1.00 bits per heavy atom. The molecule has 1 saturated heterocycles. The van der Waals surface area contributed by atoms with Crippen LogP contribution in [0, 0.1) is 13.8 Å². The summed E-state index contributed by atoms with van der Waals surface area (Å²) in [4.78, 5) is 7.01. The van der Waals surface area contributed by atoms with E-state index < -0.39 is 0 Å². The number of thiocarbonyl (C=S) groups is 1. The maximum Gasteiger partial charge on any atom is 0.170 e.